The summed E-state index contributed by atoms with van der Waals surface area (Å²) in [5.74, 6) is 0. The molecule has 0 atom stereocenters. The maximum absolute atomic E-state index is 10.8. The van der Waals surface area contributed by atoms with Crippen molar-refractivity contribution >= 4 is 163 Å². The minimum absolute atomic E-state index is 0. The molecule has 0 saturated heterocycles. The van der Waals surface area contributed by atoms with Crippen molar-refractivity contribution in [2.24, 2.45) is 0 Å². The largest absolute Gasteiger partial charge is 2.00 e. The van der Waals surface area contributed by atoms with E-state index in [1.54, 1.807) is 0 Å². The molecule has 17 heavy (non-hydrogen) atoms. The van der Waals surface area contributed by atoms with E-state index in [4.69, 9.17) is 0 Å². The van der Waals surface area contributed by atoms with Gasteiger partial charge in [-0.1, -0.05) is 0 Å². The first-order valence-electron chi connectivity index (χ1n) is 2.74. The van der Waals surface area contributed by atoms with Crippen molar-refractivity contribution in [1.82, 2.24) is 0 Å². The molecule has 0 rings (SSSR count). The maximum atomic E-state index is 10.8. The Kier molecular flexibility index (Phi) is 37.1. The van der Waals surface area contributed by atoms with Gasteiger partial charge in [-0.05, 0) is 0 Å². The van der Waals surface area contributed by atoms with Gasteiger partial charge in [0.2, 0.25) is 0 Å². The summed E-state index contributed by atoms with van der Waals surface area (Å²) in [7, 11) is -10.4. The molecular formula is H2Al2Ca3F2O8Si2. The van der Waals surface area contributed by atoms with Crippen LogP contribution >= 0.6 is 0 Å². The molecule has 0 amide bonds. The second-order valence-electron chi connectivity index (χ2n) is 1.51. The van der Waals surface area contributed by atoms with Gasteiger partial charge in [0.05, 0.1) is 0 Å². The van der Waals surface area contributed by atoms with Crippen LogP contribution in [0.15, 0.2) is 0 Å². The van der Waals surface area contributed by atoms with Gasteiger partial charge in [0.25, 0.3) is 0 Å². The van der Waals surface area contributed by atoms with E-state index in [-0.39, 0.29) is 113 Å². The number of rotatable bonds is 4. The fourth-order valence-corrected chi connectivity index (χ4v) is 1.20. The summed E-state index contributed by atoms with van der Waals surface area (Å²) >= 11 is -5.13. The molecule has 0 heterocycles. The minimum atomic E-state index is -5.22. The van der Waals surface area contributed by atoms with E-state index in [1.165, 1.54) is 0 Å². The van der Waals surface area contributed by atoms with E-state index in [0.717, 1.165) is 0 Å². The van der Waals surface area contributed by atoms with Crippen LogP contribution in [0.4, 0.5) is 7.05 Å². The molecule has 0 fully saturated rings. The van der Waals surface area contributed by atoms with Gasteiger partial charge < -0.3 is 42.8 Å². The van der Waals surface area contributed by atoms with Crippen LogP contribution in [0.2, 0.25) is 0 Å². The predicted octanol–water partition coefficient (Wildman–Crippen LogP) is -9.63. The summed E-state index contributed by atoms with van der Waals surface area (Å²) in [4.78, 5) is 55.8. The molecule has 0 saturated carbocycles. The second kappa shape index (κ2) is 18.9. The smallest absolute Gasteiger partial charge is 0.863 e. The van der Waals surface area contributed by atoms with Crippen LogP contribution in [0, 0.1) is 0 Å². The fraction of sp³-hybridized carbons (Fsp3) is 0. The molecule has 0 aliphatic carbocycles. The van der Waals surface area contributed by atoms with Gasteiger partial charge in [0.1, 0.15) is 0 Å². The van der Waals surface area contributed by atoms with Crippen molar-refractivity contribution in [2.75, 3.05) is 0 Å². The Hall–Kier alpha value is 4.82. The monoisotopic (exact) mass is 398 g/mol. The number of hydrogen-bond acceptors (Lipinski definition) is 8. The van der Waals surface area contributed by atoms with Crippen LogP contribution in [0.1, 0.15) is 0 Å². The molecule has 0 aromatic carbocycles. The molecule has 0 aliphatic heterocycles. The molecular weight excluding hydrogens is 396 g/mol. The molecule has 0 aliphatic rings. The normalized spacial score (nSPS) is 9.41. The van der Waals surface area contributed by atoms with E-state index in [1.807, 2.05) is 0 Å². The molecule has 8 nitrogen and oxygen atoms in total. The third-order valence-corrected chi connectivity index (χ3v) is 4.16. The first kappa shape index (κ1) is 33.4. The average molecular weight is 398 g/mol. The molecule has 17 heteroatoms. The Labute approximate surface area is 201 Å². The Bertz CT molecular complexity index is 128. The molecule has 0 N–H and O–H groups in total. The van der Waals surface area contributed by atoms with Gasteiger partial charge in [-0.15, -0.1) is 0 Å². The zero-order valence-electron chi connectivity index (χ0n) is 8.56. The van der Waals surface area contributed by atoms with Crippen molar-refractivity contribution < 1.29 is 42.8 Å². The van der Waals surface area contributed by atoms with E-state index >= 15 is 0 Å². The summed E-state index contributed by atoms with van der Waals surface area (Å²) in [6, 6.07) is 0. The Morgan fingerprint density at radius 2 is 0.824 bits per heavy atom. The van der Waals surface area contributed by atoms with E-state index in [9.17, 15) is 35.8 Å². The van der Waals surface area contributed by atoms with Gasteiger partial charge in [-0.25, -0.2) is 0 Å². The molecule has 0 aromatic heterocycles. The molecule has 0 spiro atoms. The fourth-order valence-electron chi connectivity index (χ4n) is 0.134. The SMILES string of the molecule is [Ca+2].[Ca+2].[Ca+2].[O-][Si]([O-])([O-])[O][AlH][F].[O-][Si]([O-])([O-])[O][AlH][F]. The van der Waals surface area contributed by atoms with Gasteiger partial charge in [0, 0.05) is 0 Å². The summed E-state index contributed by atoms with van der Waals surface area (Å²) in [5, 5.41) is 0. The van der Waals surface area contributed by atoms with Crippen molar-refractivity contribution in [3.8, 4) is 0 Å². The zero-order chi connectivity index (χ0) is 11.8. The summed E-state index contributed by atoms with van der Waals surface area (Å²) in [6.45, 7) is 0. The zero-order valence-corrected chi connectivity index (χ0v) is 20.0. The first-order chi connectivity index (χ1) is 6.12. The third-order valence-electron chi connectivity index (χ3n) is 0.463. The third kappa shape index (κ3) is 44.9. The van der Waals surface area contributed by atoms with E-state index in [0.29, 0.717) is 0 Å². The average Bonchev–Trinajstić information content (AvgIpc) is 1.81. The van der Waals surface area contributed by atoms with Crippen LogP contribution in [-0.2, 0) is 6.96 Å². The Morgan fingerprint density at radius 1 is 0.647 bits per heavy atom. The standard InChI is InChI=1S/2Al.3Ca.2FH.2O4Si.2H/c;;;;;;;2*1-5(2,3)4;;/h;;;;;2*1H;;;;/q5*+2;;;2*-4;;/p-2. The molecule has 0 radical (unpaired) electrons. The summed E-state index contributed by atoms with van der Waals surface area (Å²) in [5.41, 5.74) is 0. The van der Waals surface area contributed by atoms with Crippen molar-refractivity contribution in [3.05, 3.63) is 0 Å². The van der Waals surface area contributed by atoms with Crippen LogP contribution in [-0.4, -0.2) is 163 Å². The molecule has 84 valence electrons. The van der Waals surface area contributed by atoms with Gasteiger partial charge in [-0.2, -0.15) is 18.1 Å². The molecule has 0 unspecified atom stereocenters. The summed E-state index contributed by atoms with van der Waals surface area (Å²) in [6.07, 6.45) is 0. The molecule has 0 bridgehead atoms. The van der Waals surface area contributed by atoms with Gasteiger partial charge >= 0.3 is 145 Å². The quantitative estimate of drug-likeness (QED) is 0.423. The Morgan fingerprint density at radius 3 is 0.824 bits per heavy atom. The van der Waals surface area contributed by atoms with Gasteiger partial charge in [0.15, 0.2) is 0 Å². The topological polar surface area (TPSA) is 157 Å². The van der Waals surface area contributed by atoms with Gasteiger partial charge in [-0.3, -0.25) is 0 Å². The van der Waals surface area contributed by atoms with Crippen LogP contribution in [0.3, 0.4) is 0 Å². The Balaban J connectivity index is -0.0000000480. The van der Waals surface area contributed by atoms with Crippen molar-refractivity contribution in [1.29, 1.82) is 0 Å². The van der Waals surface area contributed by atoms with E-state index in [2.05, 4.69) is 6.96 Å². The van der Waals surface area contributed by atoms with Crippen LogP contribution in [0.5, 0.6) is 0 Å². The maximum Gasteiger partial charge on any atom is 2.00 e. The van der Waals surface area contributed by atoms with Crippen molar-refractivity contribution in [2.45, 2.75) is 0 Å². The minimum Gasteiger partial charge on any atom is -0.863 e. The first-order valence-corrected chi connectivity index (χ1v) is 8.23. The summed E-state index contributed by atoms with van der Waals surface area (Å²) < 4.78 is 28.0. The van der Waals surface area contributed by atoms with E-state index < -0.39 is 50.1 Å². The van der Waals surface area contributed by atoms with Crippen LogP contribution in [0.25, 0.3) is 0 Å². The van der Waals surface area contributed by atoms with Crippen LogP contribution < -0.4 is 28.8 Å². The number of hydrogen-bond donors (Lipinski definition) is 0. The van der Waals surface area contributed by atoms with Crippen molar-refractivity contribution in [3.63, 3.8) is 0 Å². The number of halogens is 2. The predicted molar refractivity (Wildman–Crippen MR) is 47.5 cm³/mol. The molecule has 0 aromatic rings. The second-order valence-corrected chi connectivity index (χ2v) is 6.25.